The Morgan fingerprint density at radius 1 is 1.18 bits per heavy atom. The molecule has 0 aliphatic heterocycles. The standard InChI is InChI=1S/C15H17NO5S/c1-11-4-6-14(7-5-11)22(18,19)10-13-8-12(15(17)20-2)9-16(13)21-3/h4-9H,10H2,1-3H3. The molecule has 1 heterocycles. The number of carbonyl (C=O) groups is 1. The maximum absolute atomic E-state index is 12.4. The monoisotopic (exact) mass is 323 g/mol. The minimum atomic E-state index is -3.53. The molecule has 0 fully saturated rings. The van der Waals surface area contributed by atoms with Gasteiger partial charge >= 0.3 is 5.97 Å². The van der Waals surface area contributed by atoms with Crippen LogP contribution in [0.2, 0.25) is 0 Å². The van der Waals surface area contributed by atoms with E-state index >= 15 is 0 Å². The van der Waals surface area contributed by atoms with Gasteiger partial charge in [0.25, 0.3) is 0 Å². The summed E-state index contributed by atoms with van der Waals surface area (Å²) < 4.78 is 30.8. The highest BCUT2D eigenvalue weighted by atomic mass is 32.2. The number of methoxy groups -OCH3 is 1. The molecule has 0 aliphatic carbocycles. The lowest BCUT2D eigenvalue weighted by atomic mass is 10.2. The summed E-state index contributed by atoms with van der Waals surface area (Å²) in [6.07, 6.45) is 1.39. The minimum Gasteiger partial charge on any atom is -0.465 e. The Morgan fingerprint density at radius 3 is 2.36 bits per heavy atom. The topological polar surface area (TPSA) is 74.6 Å². The Morgan fingerprint density at radius 2 is 1.82 bits per heavy atom. The van der Waals surface area contributed by atoms with Crippen LogP contribution in [0, 0.1) is 6.92 Å². The van der Waals surface area contributed by atoms with Crippen molar-refractivity contribution in [3.8, 4) is 0 Å². The molecule has 0 spiro atoms. The molecule has 1 aromatic carbocycles. The first kappa shape index (κ1) is 16.1. The first-order valence-electron chi connectivity index (χ1n) is 6.51. The summed E-state index contributed by atoms with van der Waals surface area (Å²) in [7, 11) is -0.884. The number of hydrogen-bond donors (Lipinski definition) is 0. The van der Waals surface area contributed by atoms with Crippen LogP contribution in [0.4, 0.5) is 0 Å². The van der Waals surface area contributed by atoms with Crippen molar-refractivity contribution in [1.29, 1.82) is 0 Å². The van der Waals surface area contributed by atoms with Crippen molar-refractivity contribution in [2.24, 2.45) is 0 Å². The highest BCUT2D eigenvalue weighted by Crippen LogP contribution is 2.19. The fourth-order valence-corrected chi connectivity index (χ4v) is 3.34. The van der Waals surface area contributed by atoms with E-state index in [1.807, 2.05) is 6.92 Å². The summed E-state index contributed by atoms with van der Waals surface area (Å²) in [6.45, 7) is 1.88. The summed E-state index contributed by atoms with van der Waals surface area (Å²) in [5.41, 5.74) is 1.56. The number of nitrogens with zero attached hydrogens (tertiary/aromatic N) is 1. The molecule has 0 radical (unpaired) electrons. The Labute approximate surface area is 129 Å². The molecule has 118 valence electrons. The van der Waals surface area contributed by atoms with Gasteiger partial charge in [-0.1, -0.05) is 17.7 Å². The Hall–Kier alpha value is -2.28. The Bertz CT molecular complexity index is 775. The molecule has 0 aliphatic rings. The highest BCUT2D eigenvalue weighted by Gasteiger charge is 2.21. The van der Waals surface area contributed by atoms with E-state index in [0.717, 1.165) is 5.56 Å². The SMILES string of the molecule is COC(=O)c1cc(CS(=O)(=O)c2ccc(C)cc2)n(OC)c1. The maximum atomic E-state index is 12.4. The van der Waals surface area contributed by atoms with Crippen LogP contribution in [0.25, 0.3) is 0 Å². The molecule has 7 heteroatoms. The lowest BCUT2D eigenvalue weighted by Crippen LogP contribution is -2.13. The Balaban J connectivity index is 2.35. The normalized spacial score (nSPS) is 11.2. The minimum absolute atomic E-state index is 0.224. The molecule has 2 aromatic rings. The summed E-state index contributed by atoms with van der Waals surface area (Å²) in [4.78, 5) is 16.8. The number of ether oxygens (including phenoxy) is 1. The fourth-order valence-electron chi connectivity index (χ4n) is 2.02. The van der Waals surface area contributed by atoms with Crippen LogP contribution in [0.3, 0.4) is 0 Å². The van der Waals surface area contributed by atoms with Crippen LogP contribution in [0.5, 0.6) is 0 Å². The molecule has 2 rings (SSSR count). The van der Waals surface area contributed by atoms with E-state index in [-0.39, 0.29) is 16.2 Å². The van der Waals surface area contributed by atoms with Crippen LogP contribution in [-0.2, 0) is 20.3 Å². The van der Waals surface area contributed by atoms with Crippen molar-refractivity contribution in [1.82, 2.24) is 4.73 Å². The van der Waals surface area contributed by atoms with Crippen LogP contribution in [0.1, 0.15) is 21.6 Å². The average molecular weight is 323 g/mol. The van der Waals surface area contributed by atoms with E-state index < -0.39 is 15.8 Å². The van der Waals surface area contributed by atoms with Gasteiger partial charge in [-0.3, -0.25) is 0 Å². The van der Waals surface area contributed by atoms with Crippen molar-refractivity contribution in [2.75, 3.05) is 14.2 Å². The van der Waals surface area contributed by atoms with E-state index in [2.05, 4.69) is 4.74 Å². The summed E-state index contributed by atoms with van der Waals surface area (Å²) in [5, 5.41) is 0. The molecular weight excluding hydrogens is 306 g/mol. The number of sulfone groups is 1. The van der Waals surface area contributed by atoms with Gasteiger partial charge in [0.15, 0.2) is 9.84 Å². The van der Waals surface area contributed by atoms with Gasteiger partial charge in [0.2, 0.25) is 0 Å². The van der Waals surface area contributed by atoms with E-state index in [0.29, 0.717) is 5.69 Å². The number of benzene rings is 1. The van der Waals surface area contributed by atoms with Crippen molar-refractivity contribution >= 4 is 15.8 Å². The van der Waals surface area contributed by atoms with Gasteiger partial charge in [-0.05, 0) is 25.1 Å². The molecule has 0 saturated heterocycles. The zero-order chi connectivity index (χ0) is 16.3. The zero-order valence-electron chi connectivity index (χ0n) is 12.6. The molecule has 0 saturated carbocycles. The third-order valence-corrected chi connectivity index (χ3v) is 4.86. The molecule has 22 heavy (non-hydrogen) atoms. The Kier molecular flexibility index (Phi) is 4.56. The van der Waals surface area contributed by atoms with Gasteiger partial charge in [0, 0.05) is 0 Å². The van der Waals surface area contributed by atoms with Crippen LogP contribution in [0.15, 0.2) is 41.4 Å². The van der Waals surface area contributed by atoms with E-state index in [1.165, 1.54) is 31.2 Å². The summed E-state index contributed by atoms with van der Waals surface area (Å²) in [6, 6.07) is 8.04. The second-order valence-electron chi connectivity index (χ2n) is 4.79. The number of aryl methyl sites for hydroxylation is 1. The van der Waals surface area contributed by atoms with Crippen molar-refractivity contribution in [2.45, 2.75) is 17.6 Å². The molecule has 1 aromatic heterocycles. The van der Waals surface area contributed by atoms with Crippen molar-refractivity contribution in [3.63, 3.8) is 0 Å². The average Bonchev–Trinajstić information content (AvgIpc) is 2.89. The molecule has 0 bridgehead atoms. The third-order valence-electron chi connectivity index (χ3n) is 3.20. The maximum Gasteiger partial charge on any atom is 0.339 e. The van der Waals surface area contributed by atoms with E-state index in [1.54, 1.807) is 24.3 Å². The second kappa shape index (κ2) is 6.23. The smallest absolute Gasteiger partial charge is 0.339 e. The molecular formula is C15H17NO5S. The van der Waals surface area contributed by atoms with Gasteiger partial charge in [-0.25, -0.2) is 13.2 Å². The lowest BCUT2D eigenvalue weighted by Gasteiger charge is -2.08. The second-order valence-corrected chi connectivity index (χ2v) is 6.78. The van der Waals surface area contributed by atoms with E-state index in [9.17, 15) is 13.2 Å². The quantitative estimate of drug-likeness (QED) is 0.782. The largest absolute Gasteiger partial charge is 0.465 e. The molecule has 6 nitrogen and oxygen atoms in total. The molecule has 0 unspecified atom stereocenters. The van der Waals surface area contributed by atoms with Gasteiger partial charge in [0.1, 0.15) is 7.11 Å². The van der Waals surface area contributed by atoms with Crippen LogP contribution in [-0.4, -0.2) is 33.3 Å². The zero-order valence-corrected chi connectivity index (χ0v) is 13.4. The first-order chi connectivity index (χ1) is 10.4. The first-order valence-corrected chi connectivity index (χ1v) is 8.16. The number of carbonyl (C=O) groups excluding carboxylic acids is 1. The number of rotatable bonds is 5. The fraction of sp³-hybridized carbons (Fsp3) is 0.267. The molecule has 0 N–H and O–H groups in total. The third kappa shape index (κ3) is 3.30. The molecule has 0 amide bonds. The lowest BCUT2D eigenvalue weighted by molar-refractivity contribution is 0.0598. The molecule has 0 atom stereocenters. The van der Waals surface area contributed by atoms with Crippen molar-refractivity contribution < 1.29 is 22.8 Å². The van der Waals surface area contributed by atoms with Gasteiger partial charge < -0.3 is 9.57 Å². The van der Waals surface area contributed by atoms with Crippen LogP contribution >= 0.6 is 0 Å². The van der Waals surface area contributed by atoms with E-state index in [4.69, 9.17) is 4.84 Å². The number of aromatic nitrogens is 1. The predicted molar refractivity (Wildman–Crippen MR) is 80.3 cm³/mol. The van der Waals surface area contributed by atoms with Crippen molar-refractivity contribution in [3.05, 3.63) is 53.3 Å². The van der Waals surface area contributed by atoms with Gasteiger partial charge in [-0.2, -0.15) is 4.73 Å². The van der Waals surface area contributed by atoms with Gasteiger partial charge in [0.05, 0.1) is 35.2 Å². The number of hydrogen-bond acceptors (Lipinski definition) is 5. The predicted octanol–water partition coefficient (Wildman–Crippen LogP) is 1.62. The number of esters is 1. The summed E-state index contributed by atoms with van der Waals surface area (Å²) >= 11 is 0. The van der Waals surface area contributed by atoms with Gasteiger partial charge in [-0.15, -0.1) is 0 Å². The summed E-state index contributed by atoms with van der Waals surface area (Å²) in [5.74, 6) is -0.828. The van der Waals surface area contributed by atoms with Crippen LogP contribution < -0.4 is 4.84 Å². The highest BCUT2D eigenvalue weighted by molar-refractivity contribution is 7.90.